The quantitative estimate of drug-likeness (QED) is 0.284. The number of aryl methyl sites for hydroxylation is 1. The molecule has 1 amide bonds. The number of nitrogens with zero attached hydrogens (tertiary/aromatic N) is 5. The molecular weight excluding hydrogens is 513 g/mol. The van der Waals surface area contributed by atoms with Crippen molar-refractivity contribution in [3.05, 3.63) is 87.6 Å². The van der Waals surface area contributed by atoms with E-state index >= 15 is 0 Å². The third-order valence-corrected chi connectivity index (χ3v) is 6.86. The summed E-state index contributed by atoms with van der Waals surface area (Å²) in [5.74, 6) is -0.460. The van der Waals surface area contributed by atoms with E-state index in [0.717, 1.165) is 22.9 Å². The van der Waals surface area contributed by atoms with E-state index in [1.165, 1.54) is 17.4 Å². The molecule has 0 bridgehead atoms. The van der Waals surface area contributed by atoms with E-state index < -0.39 is 17.8 Å². The fraction of sp³-hybridized carbons (Fsp3) is 0.167. The van der Waals surface area contributed by atoms with E-state index in [0.29, 0.717) is 21.0 Å². The number of fused-ring (bicyclic) bond motifs is 1. The average molecular weight is 531 g/mol. The van der Waals surface area contributed by atoms with Crippen LogP contribution in [0.15, 0.2) is 60.8 Å². The molecule has 4 heterocycles. The van der Waals surface area contributed by atoms with Gasteiger partial charge in [-0.2, -0.15) is 23.4 Å². The Morgan fingerprint density at radius 2 is 1.86 bits per heavy atom. The first kappa shape index (κ1) is 24.0. The van der Waals surface area contributed by atoms with E-state index in [1.807, 2.05) is 25.1 Å². The zero-order valence-electron chi connectivity index (χ0n) is 18.8. The minimum Gasteiger partial charge on any atom is -0.304 e. The number of alkyl halides is 3. The molecule has 0 atom stereocenters. The highest BCUT2D eigenvalue weighted by Gasteiger charge is 2.36. The molecule has 1 aromatic carbocycles. The van der Waals surface area contributed by atoms with Gasteiger partial charge in [0.05, 0.1) is 17.1 Å². The van der Waals surface area contributed by atoms with Crippen LogP contribution in [0.5, 0.6) is 0 Å². The topological polar surface area (TPSA) is 77.1 Å². The predicted octanol–water partition coefficient (Wildman–Crippen LogP) is 6.19. The van der Waals surface area contributed by atoms with Gasteiger partial charge in [0, 0.05) is 28.2 Å². The number of aromatic nitrogens is 5. The molecule has 7 nitrogen and oxygen atoms in total. The van der Waals surface area contributed by atoms with E-state index in [-0.39, 0.29) is 22.9 Å². The maximum atomic E-state index is 13.8. The maximum absolute atomic E-state index is 13.8. The first-order valence-electron chi connectivity index (χ1n) is 10.9. The monoisotopic (exact) mass is 530 g/mol. The van der Waals surface area contributed by atoms with Crippen molar-refractivity contribution in [2.24, 2.45) is 0 Å². The van der Waals surface area contributed by atoms with Gasteiger partial charge in [0.25, 0.3) is 5.91 Å². The second kappa shape index (κ2) is 9.40. The molecule has 0 radical (unpaired) electrons. The van der Waals surface area contributed by atoms with Crippen LogP contribution in [0.25, 0.3) is 16.2 Å². The van der Waals surface area contributed by atoms with Crippen LogP contribution in [0, 0.1) is 0 Å². The van der Waals surface area contributed by atoms with Crippen LogP contribution in [-0.4, -0.2) is 30.3 Å². The Morgan fingerprint density at radius 1 is 1.08 bits per heavy atom. The summed E-state index contributed by atoms with van der Waals surface area (Å²) in [6.07, 6.45) is -2.25. The van der Waals surface area contributed by atoms with Gasteiger partial charge >= 0.3 is 6.18 Å². The first-order chi connectivity index (χ1) is 17.2. The second-order valence-electron chi connectivity index (χ2n) is 7.92. The van der Waals surface area contributed by atoms with Gasteiger partial charge in [-0.15, -0.1) is 11.3 Å². The van der Waals surface area contributed by atoms with Crippen molar-refractivity contribution in [3.8, 4) is 10.6 Å². The van der Waals surface area contributed by atoms with Crippen LogP contribution in [-0.2, 0) is 19.1 Å². The van der Waals surface area contributed by atoms with E-state index in [1.54, 1.807) is 35.1 Å². The van der Waals surface area contributed by atoms with Gasteiger partial charge in [-0.05, 0) is 42.3 Å². The largest absolute Gasteiger partial charge is 0.433 e. The lowest BCUT2D eigenvalue weighted by atomic mass is 10.2. The Morgan fingerprint density at radius 3 is 2.56 bits per heavy atom. The summed E-state index contributed by atoms with van der Waals surface area (Å²) in [4.78, 5) is 18.8. The molecule has 0 fully saturated rings. The summed E-state index contributed by atoms with van der Waals surface area (Å²) >= 11 is 7.28. The van der Waals surface area contributed by atoms with Crippen molar-refractivity contribution >= 4 is 40.3 Å². The molecule has 5 aromatic rings. The Bertz CT molecular complexity index is 1550. The van der Waals surface area contributed by atoms with Gasteiger partial charge in [0.1, 0.15) is 0 Å². The number of carbonyl (C=O) groups is 1. The van der Waals surface area contributed by atoms with Crippen LogP contribution in [0.2, 0.25) is 5.02 Å². The van der Waals surface area contributed by atoms with Gasteiger partial charge in [-0.1, -0.05) is 30.7 Å². The van der Waals surface area contributed by atoms with Crippen molar-refractivity contribution in [3.63, 3.8) is 0 Å². The average Bonchev–Trinajstić information content (AvgIpc) is 3.58. The number of hydrogen-bond acceptors (Lipinski definition) is 5. The van der Waals surface area contributed by atoms with Crippen molar-refractivity contribution in [2.75, 3.05) is 5.32 Å². The van der Waals surface area contributed by atoms with Crippen molar-refractivity contribution in [2.45, 2.75) is 26.1 Å². The third-order valence-electron chi connectivity index (χ3n) is 5.35. The summed E-state index contributed by atoms with van der Waals surface area (Å²) in [6, 6.07) is 14.6. The molecule has 1 N–H and O–H groups in total. The minimum atomic E-state index is -4.69. The number of anilines is 1. The Balaban J connectivity index is 1.41. The van der Waals surface area contributed by atoms with Crippen LogP contribution in [0.3, 0.4) is 0 Å². The highest BCUT2D eigenvalue weighted by Crippen LogP contribution is 2.34. The summed E-state index contributed by atoms with van der Waals surface area (Å²) in [6.45, 7) is 2.42. The Labute approximate surface area is 212 Å². The van der Waals surface area contributed by atoms with Gasteiger partial charge in [0.2, 0.25) is 0 Å². The van der Waals surface area contributed by atoms with Gasteiger partial charge in [0.15, 0.2) is 22.9 Å². The number of amides is 1. The molecular formula is C24H18ClF3N6OS. The number of rotatable bonds is 6. The van der Waals surface area contributed by atoms with E-state index in [9.17, 15) is 18.0 Å². The molecule has 184 valence electrons. The van der Waals surface area contributed by atoms with Gasteiger partial charge in [-0.25, -0.2) is 9.50 Å². The number of halogens is 4. The molecule has 0 aliphatic carbocycles. The molecule has 0 aliphatic rings. The zero-order chi connectivity index (χ0) is 25.4. The molecule has 36 heavy (non-hydrogen) atoms. The molecule has 5 rings (SSSR count). The maximum Gasteiger partial charge on any atom is 0.433 e. The lowest BCUT2D eigenvalue weighted by Gasteiger charge is -2.10. The van der Waals surface area contributed by atoms with E-state index in [2.05, 4.69) is 20.5 Å². The van der Waals surface area contributed by atoms with Crippen LogP contribution in [0.4, 0.5) is 19.0 Å². The predicted molar refractivity (Wildman–Crippen MR) is 131 cm³/mol. The van der Waals surface area contributed by atoms with Crippen LogP contribution in [0.1, 0.15) is 33.5 Å². The highest BCUT2D eigenvalue weighted by atomic mass is 35.5. The second-order valence-corrected chi connectivity index (χ2v) is 9.53. The summed E-state index contributed by atoms with van der Waals surface area (Å²) in [7, 11) is 0. The Kier molecular flexibility index (Phi) is 6.27. The van der Waals surface area contributed by atoms with E-state index in [4.69, 9.17) is 11.6 Å². The van der Waals surface area contributed by atoms with Crippen LogP contribution < -0.4 is 5.32 Å². The molecule has 0 saturated heterocycles. The normalized spacial score (nSPS) is 11.8. The highest BCUT2D eigenvalue weighted by molar-refractivity contribution is 7.15. The molecule has 0 unspecified atom stereocenters. The fourth-order valence-corrected chi connectivity index (χ4v) is 4.63. The Hall–Kier alpha value is -3.70. The third kappa shape index (κ3) is 4.98. The minimum absolute atomic E-state index is 0.0790. The SMILES string of the molecule is CCc1ccc(-c2cc(C(F)(F)F)n3nc(C(=O)Nc4ccn(Cc5ccc(Cl)cc5)n4)cc3n2)s1. The smallest absolute Gasteiger partial charge is 0.304 e. The van der Waals surface area contributed by atoms with Crippen molar-refractivity contribution in [1.82, 2.24) is 24.4 Å². The fourth-order valence-electron chi connectivity index (χ4n) is 3.59. The first-order valence-corrected chi connectivity index (χ1v) is 12.1. The number of benzene rings is 1. The lowest BCUT2D eigenvalue weighted by Crippen LogP contribution is -2.16. The van der Waals surface area contributed by atoms with Gasteiger partial charge < -0.3 is 5.32 Å². The number of hydrogen-bond donors (Lipinski definition) is 1. The molecule has 12 heteroatoms. The summed E-state index contributed by atoms with van der Waals surface area (Å²) < 4.78 is 43.8. The summed E-state index contributed by atoms with van der Waals surface area (Å²) in [5.41, 5.74) is -0.172. The van der Waals surface area contributed by atoms with Crippen molar-refractivity contribution in [1.29, 1.82) is 0 Å². The molecule has 0 aliphatic heterocycles. The standard InChI is InChI=1S/C24H18ClF3N6OS/c1-2-16-7-8-19(36-16)17-11-20(24(26,27)28)34-22(29-17)12-18(31-34)23(35)30-21-9-10-33(32-21)13-14-3-5-15(25)6-4-14/h3-12H,2,13H2,1H3,(H,30,32,35). The molecule has 4 aromatic heterocycles. The number of thiophene rings is 1. The van der Waals surface area contributed by atoms with Crippen LogP contribution >= 0.6 is 22.9 Å². The molecule has 0 saturated carbocycles. The number of nitrogens with one attached hydrogen (secondary N) is 1. The molecule has 0 spiro atoms. The lowest BCUT2D eigenvalue weighted by molar-refractivity contribution is -0.142. The number of carbonyl (C=O) groups excluding carboxylic acids is 1. The van der Waals surface area contributed by atoms with Crippen molar-refractivity contribution < 1.29 is 18.0 Å². The van der Waals surface area contributed by atoms with Gasteiger partial charge in [-0.3, -0.25) is 9.48 Å². The zero-order valence-corrected chi connectivity index (χ0v) is 20.3. The summed E-state index contributed by atoms with van der Waals surface area (Å²) in [5, 5.41) is 11.4.